The molecule has 7 nitrogen and oxygen atoms in total. The van der Waals surface area contributed by atoms with Crippen molar-refractivity contribution in [2.45, 2.75) is 0 Å². The van der Waals surface area contributed by atoms with Gasteiger partial charge in [-0.3, -0.25) is 9.59 Å². The van der Waals surface area contributed by atoms with E-state index < -0.39 is 18.5 Å². The molecule has 0 aromatic heterocycles. The summed E-state index contributed by atoms with van der Waals surface area (Å²) in [5.41, 5.74) is 1.20. The van der Waals surface area contributed by atoms with Crippen molar-refractivity contribution in [1.82, 2.24) is 5.32 Å². The number of esters is 1. The fourth-order valence-electron chi connectivity index (χ4n) is 2.80. The summed E-state index contributed by atoms with van der Waals surface area (Å²) >= 11 is 0. The molecule has 0 fully saturated rings. The molecule has 0 saturated heterocycles. The van der Waals surface area contributed by atoms with Gasteiger partial charge in [-0.05, 0) is 47.2 Å². The molecule has 148 valence electrons. The minimum Gasteiger partial charge on any atom is -0.496 e. The lowest BCUT2D eigenvalue weighted by molar-refractivity contribution is -0.119. The average Bonchev–Trinajstić information content (AvgIpc) is 2.76. The van der Waals surface area contributed by atoms with Crippen LogP contribution >= 0.6 is 0 Å². The Labute approximate surface area is 167 Å². The first-order valence-electron chi connectivity index (χ1n) is 8.87. The number of rotatable bonds is 6. The van der Waals surface area contributed by atoms with E-state index in [4.69, 9.17) is 9.47 Å². The van der Waals surface area contributed by atoms with Gasteiger partial charge < -0.3 is 20.1 Å². The molecule has 0 aliphatic heterocycles. The predicted octanol–water partition coefficient (Wildman–Crippen LogP) is 3.00. The molecule has 0 heterocycles. The molecule has 0 aliphatic carbocycles. The van der Waals surface area contributed by atoms with Crippen LogP contribution in [0.15, 0.2) is 60.7 Å². The summed E-state index contributed by atoms with van der Waals surface area (Å²) in [6.07, 6.45) is 0. The van der Waals surface area contributed by atoms with Gasteiger partial charge in [0.25, 0.3) is 11.8 Å². The van der Waals surface area contributed by atoms with Gasteiger partial charge in [-0.1, -0.05) is 24.3 Å². The van der Waals surface area contributed by atoms with E-state index in [2.05, 4.69) is 10.6 Å². The lowest BCUT2D eigenvalue weighted by atomic mass is 10.1. The third-order valence-corrected chi connectivity index (χ3v) is 4.28. The third-order valence-electron chi connectivity index (χ3n) is 4.28. The van der Waals surface area contributed by atoms with Gasteiger partial charge >= 0.3 is 5.97 Å². The number of anilines is 1. The smallest absolute Gasteiger partial charge is 0.342 e. The number of hydrogen-bond acceptors (Lipinski definition) is 5. The van der Waals surface area contributed by atoms with Crippen molar-refractivity contribution >= 4 is 34.2 Å². The third kappa shape index (κ3) is 4.70. The first kappa shape index (κ1) is 19.9. The number of carbonyl (C=O) groups excluding carboxylic acids is 3. The van der Waals surface area contributed by atoms with E-state index in [-0.39, 0.29) is 11.5 Å². The van der Waals surface area contributed by atoms with E-state index in [0.29, 0.717) is 17.0 Å². The molecule has 3 aromatic carbocycles. The Kier molecular flexibility index (Phi) is 6.09. The average molecular weight is 392 g/mol. The molecule has 29 heavy (non-hydrogen) atoms. The summed E-state index contributed by atoms with van der Waals surface area (Å²) in [6, 6.07) is 17.3. The zero-order chi connectivity index (χ0) is 20.8. The second-order valence-electron chi connectivity index (χ2n) is 6.18. The summed E-state index contributed by atoms with van der Waals surface area (Å²) in [4.78, 5) is 36.1. The lowest BCUT2D eigenvalue weighted by Crippen LogP contribution is -2.21. The second kappa shape index (κ2) is 8.88. The Hall–Kier alpha value is -3.87. The van der Waals surface area contributed by atoms with Crippen molar-refractivity contribution < 1.29 is 23.9 Å². The van der Waals surface area contributed by atoms with Crippen LogP contribution in [0.4, 0.5) is 5.69 Å². The van der Waals surface area contributed by atoms with Crippen LogP contribution in [0.2, 0.25) is 0 Å². The molecule has 0 unspecified atom stereocenters. The van der Waals surface area contributed by atoms with Gasteiger partial charge in [-0.15, -0.1) is 0 Å². The van der Waals surface area contributed by atoms with Gasteiger partial charge in [0.2, 0.25) is 0 Å². The molecule has 0 spiro atoms. The maximum Gasteiger partial charge on any atom is 0.342 e. The van der Waals surface area contributed by atoms with Crippen molar-refractivity contribution in [3.05, 3.63) is 71.8 Å². The SMILES string of the molecule is CNC(=O)c1ccc(NC(=O)COC(=O)c2cc3ccccc3cc2OC)cc1. The van der Waals surface area contributed by atoms with Crippen LogP contribution in [-0.4, -0.2) is 38.5 Å². The maximum atomic E-state index is 12.5. The summed E-state index contributed by atoms with van der Waals surface area (Å²) < 4.78 is 10.4. The zero-order valence-corrected chi connectivity index (χ0v) is 16.0. The molecule has 0 atom stereocenters. The maximum absolute atomic E-state index is 12.5. The highest BCUT2D eigenvalue weighted by Crippen LogP contribution is 2.26. The number of methoxy groups -OCH3 is 1. The number of nitrogens with one attached hydrogen (secondary N) is 2. The topological polar surface area (TPSA) is 93.7 Å². The van der Waals surface area contributed by atoms with E-state index in [1.165, 1.54) is 14.2 Å². The fourth-order valence-corrected chi connectivity index (χ4v) is 2.80. The molecular weight excluding hydrogens is 372 g/mol. The zero-order valence-electron chi connectivity index (χ0n) is 16.0. The van der Waals surface area contributed by atoms with Crippen LogP contribution in [0.3, 0.4) is 0 Å². The van der Waals surface area contributed by atoms with Crippen LogP contribution in [0.5, 0.6) is 5.75 Å². The van der Waals surface area contributed by atoms with E-state index in [0.717, 1.165) is 10.8 Å². The molecule has 3 rings (SSSR count). The number of benzene rings is 3. The Bertz CT molecular complexity index is 1060. The van der Waals surface area contributed by atoms with Crippen molar-refractivity contribution in [3.8, 4) is 5.75 Å². The molecule has 0 bridgehead atoms. The highest BCUT2D eigenvalue weighted by molar-refractivity contribution is 6.00. The van der Waals surface area contributed by atoms with Crippen LogP contribution in [0, 0.1) is 0 Å². The molecule has 0 saturated carbocycles. The van der Waals surface area contributed by atoms with Crippen molar-refractivity contribution in [2.75, 3.05) is 26.1 Å². The number of hydrogen-bond donors (Lipinski definition) is 2. The lowest BCUT2D eigenvalue weighted by Gasteiger charge is -2.11. The van der Waals surface area contributed by atoms with Gasteiger partial charge in [-0.25, -0.2) is 4.79 Å². The van der Waals surface area contributed by atoms with E-state index in [9.17, 15) is 14.4 Å². The summed E-state index contributed by atoms with van der Waals surface area (Å²) in [6.45, 7) is -0.452. The number of amides is 2. The molecule has 0 aliphatic rings. The monoisotopic (exact) mass is 392 g/mol. The normalized spacial score (nSPS) is 10.3. The first-order valence-corrected chi connectivity index (χ1v) is 8.87. The number of carbonyl (C=O) groups is 3. The largest absolute Gasteiger partial charge is 0.496 e. The molecule has 7 heteroatoms. The van der Waals surface area contributed by atoms with E-state index in [1.807, 2.05) is 24.3 Å². The summed E-state index contributed by atoms with van der Waals surface area (Å²) in [5, 5.41) is 6.92. The predicted molar refractivity (Wildman–Crippen MR) is 109 cm³/mol. The van der Waals surface area contributed by atoms with Crippen LogP contribution in [0.1, 0.15) is 20.7 Å². The van der Waals surface area contributed by atoms with Crippen molar-refractivity contribution in [3.63, 3.8) is 0 Å². The standard InChI is InChI=1S/C22H20N2O5/c1-23-21(26)14-7-9-17(10-8-14)24-20(25)13-29-22(27)18-11-15-5-3-4-6-16(15)12-19(18)28-2/h3-12H,13H2,1-2H3,(H,23,26)(H,24,25). The molecular formula is C22H20N2O5. The van der Waals surface area contributed by atoms with Crippen LogP contribution < -0.4 is 15.4 Å². The minimum absolute atomic E-state index is 0.221. The first-order chi connectivity index (χ1) is 14.0. The van der Waals surface area contributed by atoms with Crippen molar-refractivity contribution in [1.29, 1.82) is 0 Å². The Morgan fingerprint density at radius 3 is 2.21 bits per heavy atom. The quantitative estimate of drug-likeness (QED) is 0.629. The van der Waals surface area contributed by atoms with E-state index in [1.54, 1.807) is 36.4 Å². The summed E-state index contributed by atoms with van der Waals surface area (Å²) in [5.74, 6) is -0.997. The molecule has 2 amide bonds. The van der Waals surface area contributed by atoms with Crippen LogP contribution in [0.25, 0.3) is 10.8 Å². The van der Waals surface area contributed by atoms with Crippen molar-refractivity contribution in [2.24, 2.45) is 0 Å². The van der Waals surface area contributed by atoms with Gasteiger partial charge in [0, 0.05) is 18.3 Å². The number of fused-ring (bicyclic) bond motifs is 1. The molecule has 2 N–H and O–H groups in total. The molecule has 3 aromatic rings. The highest BCUT2D eigenvalue weighted by Gasteiger charge is 2.16. The Balaban J connectivity index is 1.63. The van der Waals surface area contributed by atoms with Gasteiger partial charge in [0.05, 0.1) is 7.11 Å². The van der Waals surface area contributed by atoms with Gasteiger partial charge in [-0.2, -0.15) is 0 Å². The van der Waals surface area contributed by atoms with Gasteiger partial charge in [0.15, 0.2) is 6.61 Å². The fraction of sp³-hybridized carbons (Fsp3) is 0.136. The van der Waals surface area contributed by atoms with Crippen LogP contribution in [-0.2, 0) is 9.53 Å². The highest BCUT2D eigenvalue weighted by atomic mass is 16.5. The second-order valence-corrected chi connectivity index (χ2v) is 6.18. The molecule has 0 radical (unpaired) electrons. The van der Waals surface area contributed by atoms with Gasteiger partial charge in [0.1, 0.15) is 11.3 Å². The minimum atomic E-state index is -0.655. The number of ether oxygens (including phenoxy) is 2. The Morgan fingerprint density at radius 2 is 1.59 bits per heavy atom. The summed E-state index contributed by atoms with van der Waals surface area (Å²) in [7, 11) is 3.01. The van der Waals surface area contributed by atoms with E-state index >= 15 is 0 Å². The Morgan fingerprint density at radius 1 is 0.931 bits per heavy atom.